The van der Waals surface area contributed by atoms with Gasteiger partial charge in [-0.15, -0.1) is 0 Å². The van der Waals surface area contributed by atoms with Crippen molar-refractivity contribution in [3.8, 4) is 5.75 Å². The first-order valence-corrected chi connectivity index (χ1v) is 6.83. The number of nitrogen functional groups attached to an aromatic ring is 1. The van der Waals surface area contributed by atoms with Gasteiger partial charge in [-0.2, -0.15) is 0 Å². The predicted octanol–water partition coefficient (Wildman–Crippen LogP) is 1.99. The van der Waals surface area contributed by atoms with Gasteiger partial charge in [-0.25, -0.2) is 0 Å². The van der Waals surface area contributed by atoms with E-state index < -0.39 is 5.97 Å². The molecular formula is C15H22N2O4. The molecule has 0 aliphatic rings. The number of hydrogen-bond acceptors (Lipinski definition) is 4. The molecule has 0 radical (unpaired) electrons. The van der Waals surface area contributed by atoms with Crippen molar-refractivity contribution in [2.24, 2.45) is 0 Å². The van der Waals surface area contributed by atoms with Crippen molar-refractivity contribution in [2.45, 2.75) is 32.7 Å². The number of amides is 1. The fourth-order valence-corrected chi connectivity index (χ4v) is 2.00. The Morgan fingerprint density at radius 2 is 2.05 bits per heavy atom. The normalized spacial score (nSPS) is 10.5. The van der Waals surface area contributed by atoms with E-state index in [1.807, 2.05) is 13.8 Å². The highest BCUT2D eigenvalue weighted by Crippen LogP contribution is 2.22. The van der Waals surface area contributed by atoms with Crippen molar-refractivity contribution >= 4 is 17.6 Å². The van der Waals surface area contributed by atoms with E-state index in [1.54, 1.807) is 23.1 Å². The number of rotatable bonds is 7. The molecule has 0 bridgehead atoms. The summed E-state index contributed by atoms with van der Waals surface area (Å²) in [6.45, 7) is 4.14. The topological polar surface area (TPSA) is 92.9 Å². The van der Waals surface area contributed by atoms with Crippen molar-refractivity contribution in [1.82, 2.24) is 4.90 Å². The third kappa shape index (κ3) is 4.66. The smallest absolute Gasteiger partial charge is 0.303 e. The van der Waals surface area contributed by atoms with Crippen LogP contribution in [0.25, 0.3) is 0 Å². The van der Waals surface area contributed by atoms with E-state index in [1.165, 1.54) is 7.11 Å². The van der Waals surface area contributed by atoms with Crippen LogP contribution in [0.1, 0.15) is 37.0 Å². The van der Waals surface area contributed by atoms with Crippen molar-refractivity contribution < 1.29 is 19.4 Å². The summed E-state index contributed by atoms with van der Waals surface area (Å²) in [5.74, 6) is -0.527. The van der Waals surface area contributed by atoms with E-state index in [0.717, 1.165) is 0 Å². The van der Waals surface area contributed by atoms with Crippen LogP contribution >= 0.6 is 0 Å². The number of nitrogens with zero attached hydrogens (tertiary/aromatic N) is 1. The molecule has 0 aliphatic heterocycles. The lowest BCUT2D eigenvalue weighted by molar-refractivity contribution is -0.137. The van der Waals surface area contributed by atoms with E-state index in [9.17, 15) is 9.59 Å². The van der Waals surface area contributed by atoms with E-state index in [4.69, 9.17) is 15.6 Å². The van der Waals surface area contributed by atoms with Gasteiger partial charge in [0.2, 0.25) is 0 Å². The number of methoxy groups -OCH3 is 1. The predicted molar refractivity (Wildman–Crippen MR) is 80.4 cm³/mol. The molecule has 0 heterocycles. The molecule has 21 heavy (non-hydrogen) atoms. The van der Waals surface area contributed by atoms with E-state index in [2.05, 4.69) is 0 Å². The van der Waals surface area contributed by atoms with Crippen LogP contribution in [0.15, 0.2) is 18.2 Å². The zero-order chi connectivity index (χ0) is 16.0. The third-order valence-electron chi connectivity index (χ3n) is 3.16. The summed E-state index contributed by atoms with van der Waals surface area (Å²) in [7, 11) is 1.52. The zero-order valence-corrected chi connectivity index (χ0v) is 12.6. The van der Waals surface area contributed by atoms with Crippen LogP contribution in [0.2, 0.25) is 0 Å². The van der Waals surface area contributed by atoms with Gasteiger partial charge in [0.25, 0.3) is 5.91 Å². The molecule has 1 aromatic carbocycles. The molecule has 1 aromatic rings. The summed E-state index contributed by atoms with van der Waals surface area (Å²) < 4.78 is 5.11. The van der Waals surface area contributed by atoms with Crippen LogP contribution < -0.4 is 10.5 Å². The molecule has 0 aliphatic carbocycles. The van der Waals surface area contributed by atoms with Gasteiger partial charge in [0, 0.05) is 24.7 Å². The molecule has 3 N–H and O–H groups in total. The maximum absolute atomic E-state index is 12.6. The molecule has 6 heteroatoms. The first kappa shape index (κ1) is 16.8. The highest BCUT2D eigenvalue weighted by Gasteiger charge is 2.21. The minimum Gasteiger partial charge on any atom is -0.497 e. The maximum atomic E-state index is 12.6. The Bertz CT molecular complexity index is 514. The van der Waals surface area contributed by atoms with Crippen LogP contribution in [0.4, 0.5) is 5.69 Å². The Morgan fingerprint density at radius 1 is 1.38 bits per heavy atom. The number of anilines is 1. The number of hydrogen-bond donors (Lipinski definition) is 2. The molecule has 0 saturated heterocycles. The van der Waals surface area contributed by atoms with Gasteiger partial charge in [0.15, 0.2) is 0 Å². The Labute approximate surface area is 124 Å². The SMILES string of the molecule is COc1ccc(N)c(C(=O)N(CCCC(=O)O)C(C)C)c1. The summed E-state index contributed by atoms with van der Waals surface area (Å²) in [5, 5.41) is 8.69. The Hall–Kier alpha value is -2.24. The van der Waals surface area contributed by atoms with Gasteiger partial charge < -0.3 is 20.5 Å². The molecule has 116 valence electrons. The Kier molecular flexibility index (Phi) is 6.02. The quantitative estimate of drug-likeness (QED) is 0.750. The summed E-state index contributed by atoms with van der Waals surface area (Å²) in [6.07, 6.45) is 0.438. The number of aliphatic carboxylic acids is 1. The van der Waals surface area contributed by atoms with Gasteiger partial charge in [0.1, 0.15) is 5.75 Å². The molecule has 0 spiro atoms. The van der Waals surface area contributed by atoms with Crippen molar-refractivity contribution in [3.05, 3.63) is 23.8 Å². The molecule has 0 saturated carbocycles. The average molecular weight is 294 g/mol. The highest BCUT2D eigenvalue weighted by atomic mass is 16.5. The molecule has 0 aromatic heterocycles. The van der Waals surface area contributed by atoms with Gasteiger partial charge in [-0.3, -0.25) is 9.59 Å². The molecule has 0 unspecified atom stereocenters. The van der Waals surface area contributed by atoms with E-state index in [-0.39, 0.29) is 18.4 Å². The Balaban J connectivity index is 2.92. The van der Waals surface area contributed by atoms with Gasteiger partial charge in [-0.05, 0) is 38.5 Å². The number of carbonyl (C=O) groups excluding carboxylic acids is 1. The van der Waals surface area contributed by atoms with Crippen LogP contribution in [0.3, 0.4) is 0 Å². The second kappa shape index (κ2) is 7.52. The molecule has 1 amide bonds. The number of ether oxygens (including phenoxy) is 1. The monoisotopic (exact) mass is 294 g/mol. The number of benzene rings is 1. The second-order valence-electron chi connectivity index (χ2n) is 5.04. The molecular weight excluding hydrogens is 272 g/mol. The summed E-state index contributed by atoms with van der Waals surface area (Å²) in [5.41, 5.74) is 6.62. The van der Waals surface area contributed by atoms with Gasteiger partial charge in [-0.1, -0.05) is 0 Å². The molecule has 0 fully saturated rings. The number of carboxylic acid groups (broad SMARTS) is 1. The van der Waals surface area contributed by atoms with E-state index in [0.29, 0.717) is 30.0 Å². The maximum Gasteiger partial charge on any atom is 0.303 e. The minimum atomic E-state index is -0.868. The van der Waals surface area contributed by atoms with Crippen LogP contribution in [-0.4, -0.2) is 41.6 Å². The first-order chi connectivity index (χ1) is 9.86. The Morgan fingerprint density at radius 3 is 2.57 bits per heavy atom. The largest absolute Gasteiger partial charge is 0.497 e. The van der Waals surface area contributed by atoms with Gasteiger partial charge in [0.05, 0.1) is 12.7 Å². The molecule has 0 atom stereocenters. The standard InChI is InChI=1S/C15H22N2O4/c1-10(2)17(8-4-5-14(18)19)15(20)12-9-11(21-3)6-7-13(12)16/h6-7,9-10H,4-5,8,16H2,1-3H3,(H,18,19). The lowest BCUT2D eigenvalue weighted by atomic mass is 10.1. The minimum absolute atomic E-state index is 0.0318. The van der Waals surface area contributed by atoms with E-state index >= 15 is 0 Å². The zero-order valence-electron chi connectivity index (χ0n) is 12.6. The third-order valence-corrected chi connectivity index (χ3v) is 3.16. The molecule has 1 rings (SSSR count). The molecule has 6 nitrogen and oxygen atoms in total. The first-order valence-electron chi connectivity index (χ1n) is 6.83. The van der Waals surface area contributed by atoms with Crippen molar-refractivity contribution in [1.29, 1.82) is 0 Å². The fourth-order valence-electron chi connectivity index (χ4n) is 2.00. The summed E-state index contributed by atoms with van der Waals surface area (Å²) in [4.78, 5) is 24.8. The van der Waals surface area contributed by atoms with Gasteiger partial charge >= 0.3 is 5.97 Å². The lowest BCUT2D eigenvalue weighted by Gasteiger charge is -2.27. The van der Waals surface area contributed by atoms with Crippen molar-refractivity contribution in [3.63, 3.8) is 0 Å². The number of carbonyl (C=O) groups is 2. The van der Waals surface area contributed by atoms with Crippen LogP contribution in [0, 0.1) is 0 Å². The van der Waals surface area contributed by atoms with Crippen molar-refractivity contribution in [2.75, 3.05) is 19.4 Å². The van der Waals surface area contributed by atoms with Crippen LogP contribution in [-0.2, 0) is 4.79 Å². The summed E-state index contributed by atoms with van der Waals surface area (Å²) in [6, 6.07) is 4.87. The highest BCUT2D eigenvalue weighted by molar-refractivity contribution is 5.99. The lowest BCUT2D eigenvalue weighted by Crippen LogP contribution is -2.38. The fraction of sp³-hybridized carbons (Fsp3) is 0.467. The second-order valence-corrected chi connectivity index (χ2v) is 5.04. The number of nitrogens with two attached hydrogens (primary N) is 1. The summed E-state index contributed by atoms with van der Waals surface area (Å²) >= 11 is 0. The van der Waals surface area contributed by atoms with Crippen LogP contribution in [0.5, 0.6) is 5.75 Å². The average Bonchev–Trinajstić information content (AvgIpc) is 2.42. The number of carboxylic acids is 1.